The standard InChI is InChI=1S/C26H24N4O3S/c1-16-9-10-20-21(13-16)28-26(27-20)34-15-23(31)30-25(22-8-4-12-33-22)19-7-2-5-17(24(19)29-30)14-18-6-3-11-32-18/h3-4,6,8-14,19,25H,2,5,7,15H2,1H3,(H,27,28). The summed E-state index contributed by atoms with van der Waals surface area (Å²) in [4.78, 5) is 21.4. The van der Waals surface area contributed by atoms with Gasteiger partial charge in [0.2, 0.25) is 0 Å². The normalized spacial score (nSPS) is 21.3. The highest BCUT2D eigenvalue weighted by atomic mass is 32.2. The second kappa shape index (κ2) is 8.68. The summed E-state index contributed by atoms with van der Waals surface area (Å²) >= 11 is 1.40. The summed E-state index contributed by atoms with van der Waals surface area (Å²) in [6.07, 6.45) is 8.27. The highest BCUT2D eigenvalue weighted by molar-refractivity contribution is 7.99. The highest BCUT2D eigenvalue weighted by Crippen LogP contribution is 2.44. The lowest BCUT2D eigenvalue weighted by atomic mass is 9.79. The molecule has 4 aromatic rings. The van der Waals surface area contributed by atoms with Crippen LogP contribution in [-0.4, -0.2) is 32.3 Å². The van der Waals surface area contributed by atoms with Crippen LogP contribution in [0.1, 0.15) is 42.4 Å². The van der Waals surface area contributed by atoms with Crippen LogP contribution in [0.5, 0.6) is 0 Å². The third-order valence-corrected chi connectivity index (χ3v) is 7.26. The van der Waals surface area contributed by atoms with Crippen LogP contribution in [0.2, 0.25) is 0 Å². The molecule has 172 valence electrons. The second-order valence-corrected chi connectivity index (χ2v) is 9.68. The van der Waals surface area contributed by atoms with Gasteiger partial charge in [-0.2, -0.15) is 5.10 Å². The number of aryl methyl sites for hydroxylation is 1. The van der Waals surface area contributed by atoms with Crippen LogP contribution >= 0.6 is 11.8 Å². The van der Waals surface area contributed by atoms with E-state index < -0.39 is 0 Å². The average Bonchev–Trinajstić information content (AvgIpc) is 3.63. The molecular weight excluding hydrogens is 448 g/mol. The number of carbonyl (C=O) groups excluding carboxylic acids is 1. The van der Waals surface area contributed by atoms with Gasteiger partial charge >= 0.3 is 0 Å². The number of carbonyl (C=O) groups is 1. The number of fused-ring (bicyclic) bond motifs is 2. The Morgan fingerprint density at radius 1 is 1.24 bits per heavy atom. The quantitative estimate of drug-likeness (QED) is 0.362. The molecular formula is C26H24N4O3S. The molecule has 7 nitrogen and oxygen atoms in total. The molecule has 0 bridgehead atoms. The fraction of sp³-hybridized carbons (Fsp3) is 0.269. The predicted molar refractivity (Wildman–Crippen MR) is 131 cm³/mol. The number of nitrogens with zero attached hydrogens (tertiary/aromatic N) is 3. The number of benzene rings is 1. The van der Waals surface area contributed by atoms with E-state index in [-0.39, 0.29) is 23.6 Å². The van der Waals surface area contributed by atoms with E-state index in [1.807, 2.05) is 49.4 Å². The monoisotopic (exact) mass is 472 g/mol. The van der Waals surface area contributed by atoms with Gasteiger partial charge in [-0.15, -0.1) is 0 Å². The maximum Gasteiger partial charge on any atom is 0.253 e. The third-order valence-electron chi connectivity index (χ3n) is 6.40. The van der Waals surface area contributed by atoms with Gasteiger partial charge in [0.05, 0.1) is 35.0 Å². The molecule has 1 fully saturated rings. The van der Waals surface area contributed by atoms with Gasteiger partial charge in [-0.05, 0) is 79.8 Å². The molecule has 0 saturated heterocycles. The molecule has 2 unspecified atom stereocenters. The summed E-state index contributed by atoms with van der Waals surface area (Å²) in [6.45, 7) is 2.05. The van der Waals surface area contributed by atoms with Crippen molar-refractivity contribution in [1.82, 2.24) is 15.0 Å². The Bertz CT molecular complexity index is 1380. The molecule has 1 N–H and O–H groups in total. The maximum absolute atomic E-state index is 13.4. The Kier molecular flexibility index (Phi) is 5.37. The molecule has 0 spiro atoms. The SMILES string of the molecule is Cc1ccc2nc(SCC(=O)N3N=C4C(=Cc5ccco5)CCCC4C3c3ccco3)[nH]c2c1. The number of furan rings is 2. The van der Waals surface area contributed by atoms with E-state index in [1.165, 1.54) is 17.3 Å². The number of rotatable bonds is 5. The molecule has 8 heteroatoms. The van der Waals surface area contributed by atoms with Crippen molar-refractivity contribution < 1.29 is 13.6 Å². The van der Waals surface area contributed by atoms with E-state index in [0.717, 1.165) is 58.3 Å². The summed E-state index contributed by atoms with van der Waals surface area (Å²) in [5, 5.41) is 7.22. The van der Waals surface area contributed by atoms with Crippen molar-refractivity contribution in [2.75, 3.05) is 5.75 Å². The molecule has 3 aromatic heterocycles. The van der Waals surface area contributed by atoms with Crippen LogP contribution in [-0.2, 0) is 4.79 Å². The van der Waals surface area contributed by atoms with Crippen LogP contribution in [0, 0.1) is 12.8 Å². The molecule has 1 aromatic carbocycles. The summed E-state index contributed by atoms with van der Waals surface area (Å²) in [6, 6.07) is 13.5. The lowest BCUT2D eigenvalue weighted by Crippen LogP contribution is -2.32. The Labute approximate surface area is 200 Å². The Morgan fingerprint density at radius 3 is 2.94 bits per heavy atom. The van der Waals surface area contributed by atoms with Gasteiger partial charge in [-0.25, -0.2) is 9.99 Å². The second-order valence-electron chi connectivity index (χ2n) is 8.72. The molecule has 1 aliphatic heterocycles. The lowest BCUT2D eigenvalue weighted by Gasteiger charge is -2.27. The Balaban J connectivity index is 1.27. The number of H-pyrrole nitrogens is 1. The number of aromatic nitrogens is 2. The number of allylic oxidation sites excluding steroid dienone is 1. The van der Waals surface area contributed by atoms with E-state index >= 15 is 0 Å². The first-order valence-corrected chi connectivity index (χ1v) is 12.4. The maximum atomic E-state index is 13.4. The number of imidazole rings is 1. The van der Waals surface area contributed by atoms with Crippen LogP contribution in [0.4, 0.5) is 0 Å². The first-order valence-electron chi connectivity index (χ1n) is 11.4. The molecule has 1 saturated carbocycles. The summed E-state index contributed by atoms with van der Waals surface area (Å²) in [7, 11) is 0. The zero-order valence-electron chi connectivity index (χ0n) is 18.7. The van der Waals surface area contributed by atoms with Crippen molar-refractivity contribution >= 4 is 40.5 Å². The number of nitrogens with one attached hydrogen (secondary N) is 1. The summed E-state index contributed by atoms with van der Waals surface area (Å²) in [5.41, 5.74) is 5.12. The number of hydrogen-bond donors (Lipinski definition) is 1. The summed E-state index contributed by atoms with van der Waals surface area (Å²) in [5.74, 6) is 1.83. The molecule has 4 heterocycles. The molecule has 2 aliphatic rings. The number of aromatic amines is 1. The molecule has 34 heavy (non-hydrogen) atoms. The Hall–Kier alpha value is -3.52. The van der Waals surface area contributed by atoms with Crippen molar-refractivity contribution in [3.05, 3.63) is 77.6 Å². The van der Waals surface area contributed by atoms with Gasteiger partial charge in [0.15, 0.2) is 5.16 Å². The van der Waals surface area contributed by atoms with Gasteiger partial charge in [0.25, 0.3) is 5.91 Å². The number of hydrogen-bond acceptors (Lipinski definition) is 6. The van der Waals surface area contributed by atoms with Crippen molar-refractivity contribution in [1.29, 1.82) is 0 Å². The van der Waals surface area contributed by atoms with Crippen LogP contribution < -0.4 is 0 Å². The van der Waals surface area contributed by atoms with E-state index in [0.29, 0.717) is 0 Å². The zero-order chi connectivity index (χ0) is 23.1. The van der Waals surface area contributed by atoms with E-state index in [1.54, 1.807) is 17.5 Å². The minimum Gasteiger partial charge on any atom is -0.467 e. The van der Waals surface area contributed by atoms with Crippen LogP contribution in [0.25, 0.3) is 17.1 Å². The smallest absolute Gasteiger partial charge is 0.253 e. The fourth-order valence-corrected chi connectivity index (χ4v) is 5.59. The molecule has 2 atom stereocenters. The molecule has 6 rings (SSSR count). The van der Waals surface area contributed by atoms with Crippen molar-refractivity contribution in [3.63, 3.8) is 0 Å². The fourth-order valence-electron chi connectivity index (χ4n) is 4.85. The predicted octanol–water partition coefficient (Wildman–Crippen LogP) is 5.97. The zero-order valence-corrected chi connectivity index (χ0v) is 19.5. The number of amides is 1. The van der Waals surface area contributed by atoms with E-state index in [4.69, 9.17) is 13.9 Å². The largest absolute Gasteiger partial charge is 0.467 e. The molecule has 1 aliphatic carbocycles. The van der Waals surface area contributed by atoms with Crippen LogP contribution in [0.3, 0.4) is 0 Å². The van der Waals surface area contributed by atoms with Gasteiger partial charge in [0.1, 0.15) is 17.6 Å². The first-order chi connectivity index (χ1) is 16.7. The van der Waals surface area contributed by atoms with Gasteiger partial charge < -0.3 is 13.8 Å². The van der Waals surface area contributed by atoms with Crippen molar-refractivity contribution in [3.8, 4) is 0 Å². The van der Waals surface area contributed by atoms with Crippen molar-refractivity contribution in [2.45, 2.75) is 37.4 Å². The van der Waals surface area contributed by atoms with Crippen LogP contribution in [0.15, 0.2) is 79.7 Å². The van der Waals surface area contributed by atoms with E-state index in [9.17, 15) is 4.79 Å². The molecule has 0 radical (unpaired) electrons. The average molecular weight is 473 g/mol. The number of thioether (sulfide) groups is 1. The minimum atomic E-state index is -0.239. The Morgan fingerprint density at radius 2 is 2.12 bits per heavy atom. The van der Waals surface area contributed by atoms with Gasteiger partial charge in [-0.3, -0.25) is 4.79 Å². The molecule has 1 amide bonds. The highest BCUT2D eigenvalue weighted by Gasteiger charge is 2.45. The van der Waals surface area contributed by atoms with Gasteiger partial charge in [-0.1, -0.05) is 17.8 Å². The third kappa shape index (κ3) is 3.88. The first kappa shape index (κ1) is 21.0. The minimum absolute atomic E-state index is 0.0673. The topological polar surface area (TPSA) is 87.6 Å². The summed E-state index contributed by atoms with van der Waals surface area (Å²) < 4.78 is 11.3. The number of hydrazone groups is 1. The van der Waals surface area contributed by atoms with Gasteiger partial charge in [0, 0.05) is 5.92 Å². The lowest BCUT2D eigenvalue weighted by molar-refractivity contribution is -0.131. The van der Waals surface area contributed by atoms with E-state index in [2.05, 4.69) is 16.0 Å². The van der Waals surface area contributed by atoms with Crippen molar-refractivity contribution in [2.24, 2.45) is 11.0 Å².